The van der Waals surface area contributed by atoms with Crippen molar-refractivity contribution in [3.63, 3.8) is 0 Å². The molecule has 0 rings (SSSR count). The Hall–Kier alpha value is -0.920. The lowest BCUT2D eigenvalue weighted by molar-refractivity contribution is -0.122. The average molecular weight is 238 g/mol. The van der Waals surface area contributed by atoms with E-state index in [1.165, 1.54) is 26.8 Å². The number of rotatable bonds is 3. The van der Waals surface area contributed by atoms with Gasteiger partial charge in [-0.05, 0) is 27.7 Å². The highest BCUT2D eigenvalue weighted by atomic mass is 32.2. The molecule has 0 unspecified atom stereocenters. The van der Waals surface area contributed by atoms with Gasteiger partial charge in [0.1, 0.15) is 0 Å². The van der Waals surface area contributed by atoms with Crippen molar-refractivity contribution in [2.24, 2.45) is 0 Å². The molecule has 0 aliphatic heterocycles. The van der Waals surface area contributed by atoms with Gasteiger partial charge >= 0.3 is 0 Å². The Kier molecular flexibility index (Phi) is 6.43. The van der Waals surface area contributed by atoms with Crippen LogP contribution < -0.4 is 11.6 Å². The van der Waals surface area contributed by atoms with Crippen molar-refractivity contribution >= 4 is 16.0 Å². The molecular formula is C8H18N2O4S. The van der Waals surface area contributed by atoms with Gasteiger partial charge in [0.05, 0.1) is 4.75 Å². The SMILES string of the molecule is CC=CC(=O)NOS(=O)(=O)C(C)(C)C.N. The molecule has 7 heteroatoms. The molecule has 90 valence electrons. The first-order valence-corrected chi connectivity index (χ1v) is 5.47. The van der Waals surface area contributed by atoms with Gasteiger partial charge in [0.2, 0.25) is 0 Å². The van der Waals surface area contributed by atoms with Gasteiger partial charge in [-0.2, -0.15) is 8.42 Å². The summed E-state index contributed by atoms with van der Waals surface area (Å²) in [4.78, 5) is 10.8. The summed E-state index contributed by atoms with van der Waals surface area (Å²) in [6.07, 6.45) is 2.64. The first kappa shape index (κ1) is 16.5. The summed E-state index contributed by atoms with van der Waals surface area (Å²) >= 11 is 0. The number of hydroxylamine groups is 1. The summed E-state index contributed by atoms with van der Waals surface area (Å²) in [5, 5.41) is 0. The fourth-order valence-electron chi connectivity index (χ4n) is 0.406. The van der Waals surface area contributed by atoms with E-state index in [4.69, 9.17) is 0 Å². The predicted molar refractivity (Wildman–Crippen MR) is 57.7 cm³/mol. The maximum Gasteiger partial charge on any atom is 0.292 e. The summed E-state index contributed by atoms with van der Waals surface area (Å²) in [6.45, 7) is 6.07. The van der Waals surface area contributed by atoms with Gasteiger partial charge in [-0.25, -0.2) is 5.48 Å². The van der Waals surface area contributed by atoms with Crippen molar-refractivity contribution in [3.05, 3.63) is 12.2 Å². The molecule has 0 aliphatic carbocycles. The lowest BCUT2D eigenvalue weighted by Crippen LogP contribution is -2.36. The molecule has 1 amide bonds. The summed E-state index contributed by atoms with van der Waals surface area (Å²) in [5.41, 5.74) is 1.82. The number of hydrogen-bond donors (Lipinski definition) is 2. The Morgan fingerprint density at radius 2 is 1.80 bits per heavy atom. The maximum absolute atomic E-state index is 11.3. The van der Waals surface area contributed by atoms with Crippen LogP contribution >= 0.6 is 0 Å². The van der Waals surface area contributed by atoms with E-state index in [2.05, 4.69) is 4.28 Å². The third-order valence-corrected chi connectivity index (χ3v) is 3.12. The van der Waals surface area contributed by atoms with Gasteiger partial charge in [-0.3, -0.25) is 4.79 Å². The molecule has 4 N–H and O–H groups in total. The summed E-state index contributed by atoms with van der Waals surface area (Å²) in [6, 6.07) is 0. The zero-order chi connectivity index (χ0) is 11.4. The first-order chi connectivity index (χ1) is 6.20. The Morgan fingerprint density at radius 1 is 1.33 bits per heavy atom. The van der Waals surface area contributed by atoms with Crippen LogP contribution in [0.5, 0.6) is 0 Å². The Balaban J connectivity index is 0. The highest BCUT2D eigenvalue weighted by Gasteiger charge is 2.31. The molecule has 0 aromatic carbocycles. The number of nitrogens with one attached hydrogen (secondary N) is 1. The molecule has 0 saturated heterocycles. The minimum Gasteiger partial charge on any atom is -0.344 e. The molecule has 0 bridgehead atoms. The van der Waals surface area contributed by atoms with Crippen LogP contribution in [-0.2, 0) is 19.2 Å². The smallest absolute Gasteiger partial charge is 0.292 e. The molecule has 0 spiro atoms. The van der Waals surface area contributed by atoms with E-state index in [0.29, 0.717) is 0 Å². The number of allylic oxidation sites excluding steroid dienone is 1. The van der Waals surface area contributed by atoms with Crippen molar-refractivity contribution in [3.8, 4) is 0 Å². The molecule has 0 saturated carbocycles. The first-order valence-electron chi connectivity index (χ1n) is 4.06. The Bertz CT molecular complexity index is 327. The van der Waals surface area contributed by atoms with Crippen LogP contribution in [0.2, 0.25) is 0 Å². The average Bonchev–Trinajstić information content (AvgIpc) is 1.99. The maximum atomic E-state index is 11.3. The lowest BCUT2D eigenvalue weighted by atomic mass is 10.3. The molecule has 0 aromatic heterocycles. The van der Waals surface area contributed by atoms with Gasteiger partial charge < -0.3 is 6.15 Å². The largest absolute Gasteiger partial charge is 0.344 e. The zero-order valence-corrected chi connectivity index (χ0v) is 10.2. The van der Waals surface area contributed by atoms with E-state index in [9.17, 15) is 13.2 Å². The molecule has 0 heterocycles. The van der Waals surface area contributed by atoms with Crippen molar-refractivity contribution < 1.29 is 17.5 Å². The molecule has 0 radical (unpaired) electrons. The van der Waals surface area contributed by atoms with Crippen LogP contribution in [0.4, 0.5) is 0 Å². The van der Waals surface area contributed by atoms with Crippen molar-refractivity contribution in [2.75, 3.05) is 0 Å². The van der Waals surface area contributed by atoms with E-state index < -0.39 is 20.8 Å². The number of carbonyl (C=O) groups is 1. The van der Waals surface area contributed by atoms with Gasteiger partial charge in [-0.1, -0.05) is 6.08 Å². The fraction of sp³-hybridized carbons (Fsp3) is 0.625. The van der Waals surface area contributed by atoms with Crippen LogP contribution in [0.15, 0.2) is 12.2 Å². The van der Waals surface area contributed by atoms with Gasteiger partial charge in [0.25, 0.3) is 16.0 Å². The second-order valence-electron chi connectivity index (χ2n) is 3.62. The monoisotopic (exact) mass is 238 g/mol. The highest BCUT2D eigenvalue weighted by molar-refractivity contribution is 7.88. The normalized spacial score (nSPS) is 12.3. The van der Waals surface area contributed by atoms with Crippen LogP contribution in [0, 0.1) is 0 Å². The van der Waals surface area contributed by atoms with E-state index >= 15 is 0 Å². The zero-order valence-electron chi connectivity index (χ0n) is 9.40. The molecule has 0 aliphatic rings. The van der Waals surface area contributed by atoms with Crippen molar-refractivity contribution in [2.45, 2.75) is 32.4 Å². The van der Waals surface area contributed by atoms with Crippen LogP contribution in [0.25, 0.3) is 0 Å². The Labute approximate surface area is 90.4 Å². The second kappa shape index (κ2) is 5.84. The number of amides is 1. The molecule has 0 aromatic rings. The molecular weight excluding hydrogens is 220 g/mol. The highest BCUT2D eigenvalue weighted by Crippen LogP contribution is 2.15. The standard InChI is InChI=1S/C8H15NO4S.H3N/c1-5-6-7(10)9-13-14(11,12)8(2,3)4;/h5-6H,1-4H3,(H,9,10);1H3. The molecule has 6 nitrogen and oxygen atoms in total. The van der Waals surface area contributed by atoms with Gasteiger partial charge in [-0.15, -0.1) is 4.28 Å². The van der Waals surface area contributed by atoms with E-state index in [1.807, 2.05) is 5.48 Å². The summed E-state index contributed by atoms with van der Waals surface area (Å²) < 4.78 is 25.9. The molecule has 0 fully saturated rings. The third-order valence-electron chi connectivity index (χ3n) is 1.32. The Morgan fingerprint density at radius 3 is 2.13 bits per heavy atom. The number of carbonyl (C=O) groups excluding carboxylic acids is 1. The topological polar surface area (TPSA) is 107 Å². The minimum absolute atomic E-state index is 0. The van der Waals surface area contributed by atoms with Gasteiger partial charge in [0.15, 0.2) is 0 Å². The lowest BCUT2D eigenvalue weighted by Gasteiger charge is -2.17. The van der Waals surface area contributed by atoms with Crippen LogP contribution in [0.3, 0.4) is 0 Å². The second-order valence-corrected chi connectivity index (χ2v) is 5.92. The summed E-state index contributed by atoms with van der Waals surface area (Å²) in [7, 11) is -3.78. The van der Waals surface area contributed by atoms with Crippen LogP contribution in [0.1, 0.15) is 27.7 Å². The minimum atomic E-state index is -3.78. The summed E-state index contributed by atoms with van der Waals surface area (Å²) in [5.74, 6) is -0.611. The number of hydrogen-bond acceptors (Lipinski definition) is 5. The van der Waals surface area contributed by atoms with Crippen molar-refractivity contribution in [1.29, 1.82) is 0 Å². The van der Waals surface area contributed by atoms with E-state index in [0.717, 1.165) is 6.08 Å². The van der Waals surface area contributed by atoms with E-state index in [1.54, 1.807) is 6.92 Å². The molecule has 0 atom stereocenters. The third kappa shape index (κ3) is 5.50. The molecule has 15 heavy (non-hydrogen) atoms. The van der Waals surface area contributed by atoms with Gasteiger partial charge in [0, 0.05) is 6.08 Å². The van der Waals surface area contributed by atoms with Crippen molar-refractivity contribution in [1.82, 2.24) is 11.6 Å². The predicted octanol–water partition coefficient (Wildman–Crippen LogP) is 0.901. The quantitative estimate of drug-likeness (QED) is 0.561. The van der Waals surface area contributed by atoms with Crippen LogP contribution in [-0.4, -0.2) is 19.1 Å². The van der Waals surface area contributed by atoms with E-state index in [-0.39, 0.29) is 6.15 Å². The fourth-order valence-corrected chi connectivity index (χ4v) is 0.848.